The van der Waals surface area contributed by atoms with Gasteiger partial charge >= 0.3 is 12.2 Å². The summed E-state index contributed by atoms with van der Waals surface area (Å²) >= 11 is 5.56. The van der Waals surface area contributed by atoms with Gasteiger partial charge in [-0.25, -0.2) is 9.18 Å². The number of carbonyl (C=O) groups excluding carboxylic acids is 2. The topological polar surface area (TPSA) is 79.5 Å². The molecule has 0 aromatic heterocycles. The first-order chi connectivity index (χ1) is 15.6. The van der Waals surface area contributed by atoms with Crippen molar-refractivity contribution in [2.45, 2.75) is 6.18 Å². The molecule has 172 valence electrons. The molecule has 0 bridgehead atoms. The number of rotatable bonds is 5. The molecule has 6 nitrogen and oxygen atoms in total. The Bertz CT molecular complexity index is 1180. The van der Waals surface area contributed by atoms with Gasteiger partial charge in [-0.3, -0.25) is 4.79 Å². The van der Waals surface area contributed by atoms with E-state index in [1.165, 1.54) is 49.5 Å². The van der Waals surface area contributed by atoms with Crippen molar-refractivity contribution < 1.29 is 31.9 Å². The van der Waals surface area contributed by atoms with Crippen LogP contribution in [0.15, 0.2) is 60.7 Å². The number of hydrogen-bond donors (Lipinski definition) is 3. The van der Waals surface area contributed by atoms with Crippen molar-refractivity contribution in [3.05, 3.63) is 82.6 Å². The molecule has 0 aliphatic rings. The Balaban J connectivity index is 1.64. The Morgan fingerprint density at radius 3 is 2.12 bits per heavy atom. The maximum absolute atomic E-state index is 13.8. The average Bonchev–Trinajstić information content (AvgIpc) is 2.76. The molecule has 0 atom stereocenters. The quantitative estimate of drug-likeness (QED) is 0.374. The molecular formula is C22H16ClF4N3O3. The molecule has 3 amide bonds. The van der Waals surface area contributed by atoms with Gasteiger partial charge in [0.1, 0.15) is 17.3 Å². The van der Waals surface area contributed by atoms with E-state index < -0.39 is 34.5 Å². The molecular weight excluding hydrogens is 466 g/mol. The number of halogens is 5. The van der Waals surface area contributed by atoms with Gasteiger partial charge in [-0.1, -0.05) is 11.6 Å². The summed E-state index contributed by atoms with van der Waals surface area (Å²) in [6, 6.07) is 11.9. The highest BCUT2D eigenvalue weighted by molar-refractivity contribution is 6.31. The number of hydrogen-bond acceptors (Lipinski definition) is 3. The number of amides is 3. The predicted molar refractivity (Wildman–Crippen MR) is 115 cm³/mol. The van der Waals surface area contributed by atoms with Gasteiger partial charge < -0.3 is 20.7 Å². The minimum absolute atomic E-state index is 0.0904. The number of ether oxygens (including phenoxy) is 1. The van der Waals surface area contributed by atoms with Crippen LogP contribution in [0.4, 0.5) is 33.7 Å². The number of benzene rings is 3. The summed E-state index contributed by atoms with van der Waals surface area (Å²) in [5, 5.41) is 6.62. The van der Waals surface area contributed by atoms with E-state index in [-0.39, 0.29) is 17.0 Å². The number of anilines is 2. The Labute approximate surface area is 190 Å². The number of alkyl halides is 3. The fourth-order valence-corrected chi connectivity index (χ4v) is 2.96. The molecule has 3 rings (SSSR count). The smallest absolute Gasteiger partial charge is 0.417 e. The van der Waals surface area contributed by atoms with Crippen molar-refractivity contribution in [3.8, 4) is 11.5 Å². The normalized spacial score (nSPS) is 11.0. The molecule has 11 heteroatoms. The van der Waals surface area contributed by atoms with Crippen LogP contribution in [0, 0.1) is 5.82 Å². The fourth-order valence-electron chi connectivity index (χ4n) is 2.73. The average molecular weight is 482 g/mol. The highest BCUT2D eigenvalue weighted by atomic mass is 35.5. The molecule has 0 aliphatic heterocycles. The number of urea groups is 1. The van der Waals surface area contributed by atoms with Gasteiger partial charge in [0.05, 0.1) is 16.1 Å². The van der Waals surface area contributed by atoms with E-state index in [1.807, 2.05) is 0 Å². The van der Waals surface area contributed by atoms with E-state index in [1.54, 1.807) is 0 Å². The highest BCUT2D eigenvalue weighted by Gasteiger charge is 2.33. The minimum atomic E-state index is -4.66. The molecule has 0 fully saturated rings. The van der Waals surface area contributed by atoms with E-state index in [9.17, 15) is 27.2 Å². The van der Waals surface area contributed by atoms with Crippen molar-refractivity contribution in [3.63, 3.8) is 0 Å². The van der Waals surface area contributed by atoms with Crippen molar-refractivity contribution in [2.75, 3.05) is 17.7 Å². The summed E-state index contributed by atoms with van der Waals surface area (Å²) < 4.78 is 58.2. The van der Waals surface area contributed by atoms with Gasteiger partial charge in [-0.2, -0.15) is 13.2 Å². The fraction of sp³-hybridized carbons (Fsp3) is 0.0909. The van der Waals surface area contributed by atoms with E-state index in [0.717, 1.165) is 18.2 Å². The third-order valence-corrected chi connectivity index (χ3v) is 4.62. The second-order valence-electron chi connectivity index (χ2n) is 6.62. The lowest BCUT2D eigenvalue weighted by Gasteiger charge is -2.13. The highest BCUT2D eigenvalue weighted by Crippen LogP contribution is 2.36. The molecule has 3 aromatic rings. The first-order valence-corrected chi connectivity index (χ1v) is 9.69. The standard InChI is InChI=1S/C22H16ClF4N3O3/c1-28-20(31)16-11-15(7-9-19(16)24)33-14-5-2-12(3-6-14)29-21(32)30-13-4-8-18(23)17(10-13)22(25,26)27/h2-11H,1H3,(H,28,31)(H2,29,30,32). The Kier molecular flexibility index (Phi) is 7.07. The molecule has 0 unspecified atom stereocenters. The van der Waals surface area contributed by atoms with Crippen molar-refractivity contribution in [2.24, 2.45) is 0 Å². The Morgan fingerprint density at radius 1 is 0.879 bits per heavy atom. The lowest BCUT2D eigenvalue weighted by molar-refractivity contribution is -0.137. The summed E-state index contributed by atoms with van der Waals surface area (Å²) in [7, 11) is 1.37. The van der Waals surface area contributed by atoms with Crippen LogP contribution >= 0.6 is 11.6 Å². The summed E-state index contributed by atoms with van der Waals surface area (Å²) in [4.78, 5) is 23.8. The number of nitrogens with one attached hydrogen (secondary N) is 3. The molecule has 0 radical (unpaired) electrons. The maximum Gasteiger partial charge on any atom is 0.417 e. The van der Waals surface area contributed by atoms with Gasteiger partial charge in [0.25, 0.3) is 5.91 Å². The molecule has 0 saturated carbocycles. The molecule has 33 heavy (non-hydrogen) atoms. The second kappa shape index (κ2) is 9.78. The predicted octanol–water partition coefficient (Wildman–Crippen LogP) is 6.29. The van der Waals surface area contributed by atoms with Gasteiger partial charge in [0.2, 0.25) is 0 Å². The Hall–Kier alpha value is -3.79. The van der Waals surface area contributed by atoms with Crippen molar-refractivity contribution >= 4 is 34.9 Å². The van der Waals surface area contributed by atoms with Crippen LogP contribution < -0.4 is 20.7 Å². The van der Waals surface area contributed by atoms with Gasteiger partial charge in [0.15, 0.2) is 0 Å². The lowest BCUT2D eigenvalue weighted by Crippen LogP contribution is -2.19. The van der Waals surface area contributed by atoms with Gasteiger partial charge in [0, 0.05) is 18.4 Å². The zero-order chi connectivity index (χ0) is 24.2. The van der Waals surface area contributed by atoms with Crippen LogP contribution in [-0.4, -0.2) is 19.0 Å². The summed E-state index contributed by atoms with van der Waals surface area (Å²) in [5.74, 6) is -0.749. The summed E-state index contributed by atoms with van der Waals surface area (Å²) in [6.07, 6.45) is -4.66. The molecule has 0 spiro atoms. The van der Waals surface area contributed by atoms with Crippen LogP contribution in [0.2, 0.25) is 5.02 Å². The Morgan fingerprint density at radius 2 is 1.48 bits per heavy atom. The molecule has 0 saturated heterocycles. The van der Waals surface area contributed by atoms with E-state index >= 15 is 0 Å². The van der Waals surface area contributed by atoms with Crippen molar-refractivity contribution in [1.82, 2.24) is 5.32 Å². The third kappa shape index (κ3) is 6.13. The molecule has 3 N–H and O–H groups in total. The first kappa shape index (κ1) is 23.9. The lowest BCUT2D eigenvalue weighted by atomic mass is 10.2. The van der Waals surface area contributed by atoms with E-state index in [0.29, 0.717) is 11.4 Å². The van der Waals surface area contributed by atoms with Crippen LogP contribution in [0.25, 0.3) is 0 Å². The van der Waals surface area contributed by atoms with Crippen LogP contribution in [0.1, 0.15) is 15.9 Å². The van der Waals surface area contributed by atoms with E-state index in [2.05, 4.69) is 16.0 Å². The zero-order valence-electron chi connectivity index (χ0n) is 16.9. The number of carbonyl (C=O) groups is 2. The second-order valence-corrected chi connectivity index (χ2v) is 7.03. The monoisotopic (exact) mass is 481 g/mol. The van der Waals surface area contributed by atoms with Crippen LogP contribution in [-0.2, 0) is 6.18 Å². The largest absolute Gasteiger partial charge is 0.457 e. The minimum Gasteiger partial charge on any atom is -0.457 e. The summed E-state index contributed by atoms with van der Waals surface area (Å²) in [6.45, 7) is 0. The van der Waals surface area contributed by atoms with Gasteiger partial charge in [-0.05, 0) is 60.7 Å². The van der Waals surface area contributed by atoms with Crippen LogP contribution in [0.3, 0.4) is 0 Å². The SMILES string of the molecule is CNC(=O)c1cc(Oc2ccc(NC(=O)Nc3ccc(Cl)c(C(F)(F)F)c3)cc2)ccc1F. The maximum atomic E-state index is 13.8. The van der Waals surface area contributed by atoms with E-state index in [4.69, 9.17) is 16.3 Å². The summed E-state index contributed by atoms with van der Waals surface area (Å²) in [5.41, 5.74) is -1.01. The first-order valence-electron chi connectivity index (χ1n) is 9.31. The molecule has 0 aliphatic carbocycles. The molecule has 3 aromatic carbocycles. The zero-order valence-corrected chi connectivity index (χ0v) is 17.6. The van der Waals surface area contributed by atoms with Crippen molar-refractivity contribution in [1.29, 1.82) is 0 Å². The molecule has 0 heterocycles. The van der Waals surface area contributed by atoms with Crippen LogP contribution in [0.5, 0.6) is 11.5 Å². The van der Waals surface area contributed by atoms with Gasteiger partial charge in [-0.15, -0.1) is 0 Å². The third-order valence-electron chi connectivity index (χ3n) is 4.29.